The summed E-state index contributed by atoms with van der Waals surface area (Å²) in [5.74, 6) is 5.53. The Morgan fingerprint density at radius 3 is 1.88 bits per heavy atom. The van der Waals surface area contributed by atoms with Gasteiger partial charge in [0.05, 0.1) is 0 Å². The third kappa shape index (κ3) is 2.72. The minimum Gasteiger partial charge on any atom is -0.374 e. The van der Waals surface area contributed by atoms with Crippen molar-refractivity contribution in [3.05, 3.63) is 0 Å². The first-order valence-corrected chi connectivity index (χ1v) is 12.4. The normalized spacial score (nSPS) is 43.9. The van der Waals surface area contributed by atoms with E-state index in [4.69, 9.17) is 13.3 Å². The van der Waals surface area contributed by atoms with Crippen LogP contribution in [0, 0.1) is 35.5 Å². The number of hydrogen-bond donors (Lipinski definition) is 0. The fourth-order valence-corrected chi connectivity index (χ4v) is 11.2. The summed E-state index contributed by atoms with van der Waals surface area (Å²) in [6.45, 7) is 8.51. The second-order valence-electron chi connectivity index (χ2n) is 8.68. The molecule has 138 valence electrons. The fourth-order valence-electron chi connectivity index (χ4n) is 7.26. The molecule has 0 amide bonds. The zero-order valence-electron chi connectivity index (χ0n) is 15.8. The predicted octanol–water partition coefficient (Wildman–Crippen LogP) is 4.89. The summed E-state index contributed by atoms with van der Waals surface area (Å²) in [5.41, 5.74) is 0.584. The molecule has 0 aromatic heterocycles. The van der Waals surface area contributed by atoms with Gasteiger partial charge in [0.15, 0.2) is 0 Å². The van der Waals surface area contributed by atoms with E-state index in [9.17, 15) is 0 Å². The Morgan fingerprint density at radius 2 is 1.33 bits per heavy atom. The number of rotatable bonds is 8. The van der Waals surface area contributed by atoms with Crippen LogP contribution in [-0.4, -0.2) is 28.6 Å². The van der Waals surface area contributed by atoms with E-state index >= 15 is 0 Å². The lowest BCUT2D eigenvalue weighted by Crippen LogP contribution is -2.55. The zero-order valence-corrected chi connectivity index (χ0v) is 16.8. The van der Waals surface area contributed by atoms with Crippen molar-refractivity contribution in [2.75, 3.05) is 19.8 Å². The SMILES string of the molecule is CCO[Si](OCC)(OCC)C1C2CCC(C2)C1C1CC2CCC1C2. The standard InChI is InChI=1S/C20H36O3Si/c1-4-21-24(22-5-2,23-6-3)20-17-10-9-16(13-17)19(20)18-12-14-7-8-15(18)11-14/h14-20H,4-13H2,1-3H3. The summed E-state index contributed by atoms with van der Waals surface area (Å²) in [7, 11) is -2.57. The average Bonchev–Trinajstić information content (AvgIpc) is 3.34. The molecule has 24 heavy (non-hydrogen) atoms. The highest BCUT2D eigenvalue weighted by Crippen LogP contribution is 2.66. The van der Waals surface area contributed by atoms with Crippen molar-refractivity contribution in [1.29, 1.82) is 0 Å². The lowest BCUT2D eigenvalue weighted by molar-refractivity contribution is 0.0330. The van der Waals surface area contributed by atoms with Gasteiger partial charge >= 0.3 is 8.80 Å². The molecule has 4 bridgehead atoms. The van der Waals surface area contributed by atoms with Crippen LogP contribution in [0.5, 0.6) is 0 Å². The minimum absolute atomic E-state index is 0.584. The first-order chi connectivity index (χ1) is 11.7. The monoisotopic (exact) mass is 352 g/mol. The van der Waals surface area contributed by atoms with Crippen LogP contribution in [0.3, 0.4) is 0 Å². The Bertz CT molecular complexity index is 426. The predicted molar refractivity (Wildman–Crippen MR) is 97.6 cm³/mol. The van der Waals surface area contributed by atoms with Crippen molar-refractivity contribution in [2.24, 2.45) is 35.5 Å². The lowest BCUT2D eigenvalue weighted by atomic mass is 9.72. The Hall–Kier alpha value is 0.0969. The van der Waals surface area contributed by atoms with Gasteiger partial charge in [-0.1, -0.05) is 6.42 Å². The van der Waals surface area contributed by atoms with Gasteiger partial charge in [-0.15, -0.1) is 0 Å². The van der Waals surface area contributed by atoms with Crippen LogP contribution in [0.2, 0.25) is 5.54 Å². The molecular weight excluding hydrogens is 316 g/mol. The van der Waals surface area contributed by atoms with Crippen LogP contribution in [-0.2, 0) is 13.3 Å². The van der Waals surface area contributed by atoms with Gasteiger partial charge in [0.2, 0.25) is 0 Å². The van der Waals surface area contributed by atoms with Crippen molar-refractivity contribution in [1.82, 2.24) is 0 Å². The van der Waals surface area contributed by atoms with Gasteiger partial charge in [0.25, 0.3) is 0 Å². The van der Waals surface area contributed by atoms with Crippen molar-refractivity contribution >= 4 is 8.80 Å². The van der Waals surface area contributed by atoms with Crippen molar-refractivity contribution < 1.29 is 13.3 Å². The average molecular weight is 353 g/mol. The van der Waals surface area contributed by atoms with E-state index in [1.54, 1.807) is 0 Å². The van der Waals surface area contributed by atoms with Gasteiger partial charge in [0, 0.05) is 25.4 Å². The van der Waals surface area contributed by atoms with Gasteiger partial charge in [-0.3, -0.25) is 0 Å². The summed E-state index contributed by atoms with van der Waals surface area (Å²) < 4.78 is 19.2. The van der Waals surface area contributed by atoms with Crippen molar-refractivity contribution in [3.63, 3.8) is 0 Å². The van der Waals surface area contributed by atoms with Crippen molar-refractivity contribution in [3.8, 4) is 0 Å². The van der Waals surface area contributed by atoms with Crippen LogP contribution >= 0.6 is 0 Å². The Kier molecular flexibility index (Phi) is 5.12. The molecule has 0 heterocycles. The maximum Gasteiger partial charge on any atom is 0.504 e. The molecule has 0 spiro atoms. The quantitative estimate of drug-likeness (QED) is 0.582. The molecule has 0 aliphatic heterocycles. The van der Waals surface area contributed by atoms with E-state index < -0.39 is 8.80 Å². The highest BCUT2D eigenvalue weighted by atomic mass is 28.4. The third-order valence-corrected chi connectivity index (χ3v) is 11.5. The van der Waals surface area contributed by atoms with E-state index in [0.717, 1.165) is 55.3 Å². The Balaban J connectivity index is 1.64. The van der Waals surface area contributed by atoms with Gasteiger partial charge in [-0.05, 0) is 94.8 Å². The molecule has 3 nitrogen and oxygen atoms in total. The number of fused-ring (bicyclic) bond motifs is 4. The lowest BCUT2D eigenvalue weighted by Gasteiger charge is -2.45. The van der Waals surface area contributed by atoms with Crippen LogP contribution < -0.4 is 0 Å². The summed E-state index contributed by atoms with van der Waals surface area (Å²) in [4.78, 5) is 0. The second kappa shape index (κ2) is 7.01. The number of hydrogen-bond acceptors (Lipinski definition) is 3. The van der Waals surface area contributed by atoms with Gasteiger partial charge < -0.3 is 13.3 Å². The molecule has 7 unspecified atom stereocenters. The highest BCUT2D eigenvalue weighted by Gasteiger charge is 2.65. The van der Waals surface area contributed by atoms with E-state index in [0.29, 0.717) is 5.54 Å². The molecule has 4 saturated carbocycles. The fraction of sp³-hybridized carbons (Fsp3) is 1.00. The molecule has 7 atom stereocenters. The Labute approximate surface area is 149 Å². The van der Waals surface area contributed by atoms with E-state index in [1.807, 2.05) is 0 Å². The van der Waals surface area contributed by atoms with E-state index in [1.165, 1.54) is 44.9 Å². The smallest absolute Gasteiger partial charge is 0.374 e. The zero-order chi connectivity index (χ0) is 16.7. The summed E-state index contributed by atoms with van der Waals surface area (Å²) in [5, 5.41) is 0. The molecule has 4 aliphatic carbocycles. The van der Waals surface area contributed by atoms with Crippen LogP contribution in [0.4, 0.5) is 0 Å². The maximum absolute atomic E-state index is 6.41. The van der Waals surface area contributed by atoms with Gasteiger partial charge in [0.1, 0.15) is 0 Å². The van der Waals surface area contributed by atoms with Crippen LogP contribution in [0.1, 0.15) is 65.7 Å². The summed E-state index contributed by atoms with van der Waals surface area (Å²) >= 11 is 0. The summed E-state index contributed by atoms with van der Waals surface area (Å²) in [6.07, 6.45) is 10.2. The maximum atomic E-state index is 6.41. The van der Waals surface area contributed by atoms with E-state index in [2.05, 4.69) is 20.8 Å². The molecule has 4 rings (SSSR count). The first kappa shape index (κ1) is 17.5. The second-order valence-corrected chi connectivity index (χ2v) is 11.4. The molecule has 4 fully saturated rings. The molecule has 0 aromatic carbocycles. The van der Waals surface area contributed by atoms with Crippen LogP contribution in [0.25, 0.3) is 0 Å². The summed E-state index contributed by atoms with van der Waals surface area (Å²) in [6, 6.07) is 0. The van der Waals surface area contributed by atoms with Crippen molar-refractivity contribution in [2.45, 2.75) is 71.3 Å². The Morgan fingerprint density at radius 1 is 0.708 bits per heavy atom. The minimum atomic E-state index is -2.57. The molecular formula is C20H36O3Si. The largest absolute Gasteiger partial charge is 0.504 e. The topological polar surface area (TPSA) is 27.7 Å². The molecule has 0 radical (unpaired) electrons. The third-order valence-electron chi connectivity index (χ3n) is 7.71. The molecule has 0 N–H and O–H groups in total. The molecule has 0 saturated heterocycles. The molecule has 0 aromatic rings. The highest BCUT2D eigenvalue weighted by molar-refractivity contribution is 6.62. The van der Waals surface area contributed by atoms with Gasteiger partial charge in [-0.2, -0.15) is 0 Å². The molecule has 4 heteroatoms. The van der Waals surface area contributed by atoms with E-state index in [-0.39, 0.29) is 0 Å². The first-order valence-electron chi connectivity index (χ1n) is 10.6. The van der Waals surface area contributed by atoms with Gasteiger partial charge in [-0.25, -0.2) is 0 Å². The molecule has 4 aliphatic rings. The van der Waals surface area contributed by atoms with Crippen LogP contribution in [0.15, 0.2) is 0 Å².